The number of carbonyl (C=O) groups excluding carboxylic acids is 2. The van der Waals surface area contributed by atoms with Crippen LogP contribution in [0.25, 0.3) is 0 Å². The van der Waals surface area contributed by atoms with Gasteiger partial charge in [-0.05, 0) is 104 Å². The first-order valence-corrected chi connectivity index (χ1v) is 29.5. The third kappa shape index (κ3) is 36.5. The summed E-state index contributed by atoms with van der Waals surface area (Å²) in [5.41, 5.74) is 5.09. The molecule has 0 amide bonds. The molecule has 4 aromatic rings. The van der Waals surface area contributed by atoms with Crippen LogP contribution in [0.4, 0.5) is 0 Å². The topological polar surface area (TPSA) is 71.1 Å². The highest BCUT2D eigenvalue weighted by atomic mass is 16.5. The molecule has 1 aliphatic rings. The van der Waals surface area contributed by atoms with E-state index in [1.165, 1.54) is 196 Å². The quantitative estimate of drug-likeness (QED) is 0.0325. The Morgan fingerprint density at radius 1 is 0.338 bits per heavy atom. The Kier molecular flexibility index (Phi) is 41.6. The van der Waals surface area contributed by atoms with Crippen LogP contribution in [-0.2, 0) is 55.0 Å². The van der Waals surface area contributed by atoms with Gasteiger partial charge in [-0.2, -0.15) is 9.59 Å². The number of benzene rings is 4. The lowest BCUT2D eigenvalue weighted by Crippen LogP contribution is -1.95. The van der Waals surface area contributed by atoms with Crippen molar-refractivity contribution in [3.63, 3.8) is 0 Å². The fourth-order valence-electron chi connectivity index (χ4n) is 9.97. The van der Waals surface area contributed by atoms with Crippen molar-refractivity contribution in [2.75, 3.05) is 26.4 Å². The predicted molar refractivity (Wildman–Crippen MR) is 308 cm³/mol. The minimum atomic E-state index is 0.250. The van der Waals surface area contributed by atoms with Crippen molar-refractivity contribution in [3.8, 4) is 0 Å². The summed E-state index contributed by atoms with van der Waals surface area (Å²) in [6, 6.07) is 41.9. The summed E-state index contributed by atoms with van der Waals surface area (Å²) < 4.78 is 23.1. The highest BCUT2D eigenvalue weighted by Crippen LogP contribution is 2.54. The maximum atomic E-state index is 8.12. The molecule has 1 aliphatic carbocycles. The maximum Gasteiger partial charge on any atom is 0.373 e. The highest BCUT2D eigenvalue weighted by Gasteiger charge is 2.46. The van der Waals surface area contributed by atoms with E-state index in [4.69, 9.17) is 28.5 Å². The van der Waals surface area contributed by atoms with Crippen molar-refractivity contribution in [2.45, 2.75) is 207 Å². The van der Waals surface area contributed by atoms with E-state index in [0.29, 0.717) is 0 Å². The molecule has 0 spiro atoms. The molecule has 0 radical (unpaired) electrons. The van der Waals surface area contributed by atoms with E-state index in [-0.39, 0.29) is 6.15 Å². The van der Waals surface area contributed by atoms with Crippen LogP contribution < -0.4 is 0 Å². The van der Waals surface area contributed by atoms with Gasteiger partial charge in [0.1, 0.15) is 0 Å². The Balaban J connectivity index is 0.000000372. The lowest BCUT2D eigenvalue weighted by Gasteiger charge is -2.05. The van der Waals surface area contributed by atoms with Crippen molar-refractivity contribution in [1.29, 1.82) is 0 Å². The molecule has 74 heavy (non-hydrogen) atoms. The predicted octanol–water partition coefficient (Wildman–Crippen LogP) is 18.8. The van der Waals surface area contributed by atoms with Gasteiger partial charge in [0.2, 0.25) is 0 Å². The van der Waals surface area contributed by atoms with Crippen LogP contribution in [0.1, 0.15) is 203 Å². The summed E-state index contributed by atoms with van der Waals surface area (Å²) in [6.45, 7) is 8.97. The Bertz CT molecular complexity index is 1750. The van der Waals surface area contributed by atoms with Crippen LogP contribution in [0.5, 0.6) is 0 Å². The number of allylic oxidation sites excluding steroid dienone is 4. The average Bonchev–Trinajstić information content (AvgIpc) is 4.13. The van der Waals surface area contributed by atoms with Crippen LogP contribution in [0.15, 0.2) is 146 Å². The second kappa shape index (κ2) is 48.2. The zero-order chi connectivity index (χ0) is 52.3. The van der Waals surface area contributed by atoms with Crippen LogP contribution >= 0.6 is 0 Å². The molecule has 0 aliphatic heterocycles. The van der Waals surface area contributed by atoms with Crippen molar-refractivity contribution in [2.24, 2.45) is 17.8 Å². The minimum absolute atomic E-state index is 0.250. The van der Waals surface area contributed by atoms with Gasteiger partial charge in [0.25, 0.3) is 0 Å². The van der Waals surface area contributed by atoms with Gasteiger partial charge in [-0.25, -0.2) is 0 Å². The molecule has 2 atom stereocenters. The molecular formula is C68H100O6. The van der Waals surface area contributed by atoms with Crippen LogP contribution in [-0.4, -0.2) is 32.6 Å². The SMILES string of the molecule is C(/C=C\CCCCCCCOCc1ccccc1)=C/CCCCCCCOCc1ccccc1.CCC1C(CCCCCCCCOCc2ccccc2)C1CCCCCCCCOCc1ccccc1.O=C=O. The smallest absolute Gasteiger partial charge is 0.373 e. The fourth-order valence-corrected chi connectivity index (χ4v) is 9.97. The van der Waals surface area contributed by atoms with E-state index in [2.05, 4.69) is 140 Å². The van der Waals surface area contributed by atoms with Crippen molar-refractivity contribution in [1.82, 2.24) is 0 Å². The molecule has 2 unspecified atom stereocenters. The number of hydrogen-bond acceptors (Lipinski definition) is 6. The van der Waals surface area contributed by atoms with E-state index in [1.807, 2.05) is 12.1 Å². The Morgan fingerprint density at radius 3 is 0.851 bits per heavy atom. The van der Waals surface area contributed by atoms with Gasteiger partial charge in [0.05, 0.1) is 26.4 Å². The van der Waals surface area contributed by atoms with E-state index >= 15 is 0 Å². The monoisotopic (exact) mass is 1010 g/mol. The molecule has 5 rings (SSSR count). The summed E-state index contributed by atoms with van der Waals surface area (Å²) in [5, 5.41) is 0. The molecule has 1 fully saturated rings. The summed E-state index contributed by atoms with van der Waals surface area (Å²) in [6.07, 6.45) is 45.3. The van der Waals surface area contributed by atoms with Crippen LogP contribution in [0, 0.1) is 17.8 Å². The second-order valence-corrected chi connectivity index (χ2v) is 20.4. The molecule has 0 aromatic heterocycles. The normalized spacial score (nSPS) is 14.9. The number of rotatable bonds is 44. The third-order valence-corrected chi connectivity index (χ3v) is 14.3. The van der Waals surface area contributed by atoms with Crippen LogP contribution in [0.2, 0.25) is 0 Å². The molecule has 1 saturated carbocycles. The number of ether oxygens (including phenoxy) is 4. The van der Waals surface area contributed by atoms with Crippen molar-refractivity contribution < 1.29 is 28.5 Å². The molecule has 6 heteroatoms. The molecule has 408 valence electrons. The van der Waals surface area contributed by atoms with Crippen molar-refractivity contribution >= 4 is 6.15 Å². The molecular weight excluding hydrogens is 913 g/mol. The molecule has 0 bridgehead atoms. The maximum absolute atomic E-state index is 8.12. The average molecular weight is 1010 g/mol. The Labute approximate surface area is 451 Å². The van der Waals surface area contributed by atoms with Gasteiger partial charge in [0.15, 0.2) is 0 Å². The summed E-state index contributed by atoms with van der Waals surface area (Å²) >= 11 is 0. The molecule has 4 aromatic carbocycles. The van der Waals surface area contributed by atoms with E-state index in [1.54, 1.807) is 0 Å². The summed E-state index contributed by atoms with van der Waals surface area (Å²) in [4.78, 5) is 16.2. The number of unbranched alkanes of at least 4 members (excludes halogenated alkanes) is 20. The van der Waals surface area contributed by atoms with Gasteiger partial charge in [0, 0.05) is 26.4 Å². The van der Waals surface area contributed by atoms with Crippen LogP contribution in [0.3, 0.4) is 0 Å². The Morgan fingerprint density at radius 2 is 0.581 bits per heavy atom. The number of hydrogen-bond donors (Lipinski definition) is 0. The minimum Gasteiger partial charge on any atom is -0.377 e. The molecule has 0 heterocycles. The lowest BCUT2D eigenvalue weighted by molar-refractivity contribution is -0.191. The van der Waals surface area contributed by atoms with E-state index < -0.39 is 0 Å². The zero-order valence-corrected chi connectivity index (χ0v) is 46.3. The zero-order valence-electron chi connectivity index (χ0n) is 46.3. The highest BCUT2D eigenvalue weighted by molar-refractivity contribution is 5.20. The van der Waals surface area contributed by atoms with Gasteiger partial charge in [-0.3, -0.25) is 0 Å². The van der Waals surface area contributed by atoms with Gasteiger partial charge < -0.3 is 18.9 Å². The van der Waals surface area contributed by atoms with Crippen molar-refractivity contribution in [3.05, 3.63) is 168 Å². The van der Waals surface area contributed by atoms with Gasteiger partial charge >= 0.3 is 6.15 Å². The van der Waals surface area contributed by atoms with E-state index in [0.717, 1.165) is 70.6 Å². The standard InChI is InChI=1S/C35H54O2.C32H46O2.CO2/c1-2-33-34(25-17-7-3-5-9-19-27-36-29-31-21-13-11-14-22-31)35(33)26-18-8-4-6-10-20-28-37-30-32-23-15-12-16-24-32;1(3-5-7-9-11-13-21-27-33-29-31-23-17-15-18-24-31)2-4-6-8-10-12-14-22-28-34-30-32-25-19-16-20-26-32;2-1-3/h11-16,21-24,33-35H,2-10,17-20,25-30H2,1H3;1-4,15-20,23-26H,5-14,21-22,27-30H2;/b;3-1-,4-2-;. The first kappa shape index (κ1) is 63.9. The molecule has 0 saturated heterocycles. The molecule has 0 N–H and O–H groups in total. The van der Waals surface area contributed by atoms with Gasteiger partial charge in [-0.1, -0.05) is 262 Å². The van der Waals surface area contributed by atoms with E-state index in [9.17, 15) is 0 Å². The first-order valence-electron chi connectivity index (χ1n) is 29.5. The third-order valence-electron chi connectivity index (χ3n) is 14.3. The first-order chi connectivity index (χ1) is 36.7. The Hall–Kier alpha value is -4.42. The summed E-state index contributed by atoms with van der Waals surface area (Å²) in [5.74, 6) is 3.15. The largest absolute Gasteiger partial charge is 0.377 e. The second-order valence-electron chi connectivity index (χ2n) is 20.4. The van der Waals surface area contributed by atoms with Gasteiger partial charge in [-0.15, -0.1) is 0 Å². The lowest BCUT2D eigenvalue weighted by atomic mass is 10.0. The fraction of sp³-hybridized carbons (Fsp3) is 0.574. The summed E-state index contributed by atoms with van der Waals surface area (Å²) in [7, 11) is 0. The molecule has 6 nitrogen and oxygen atoms in total.